The maximum Gasteiger partial charge on any atom is 0.252 e. The summed E-state index contributed by atoms with van der Waals surface area (Å²) in [5.74, 6) is -0.135. The summed E-state index contributed by atoms with van der Waals surface area (Å²) in [6, 6.07) is 13.5. The Balaban J connectivity index is 1.37. The summed E-state index contributed by atoms with van der Waals surface area (Å²) in [5, 5.41) is 5.06. The standard InChI is InChI=1S/C23H32N4O3S2/c1-25-13-15-26(16-14-25)18-21(19-6-3-2-4-7-19)24-23(28)20-9-11-27(12-10-20)32(29,30)22-8-5-17-31-22/h2-8,17,20-21H,9-16,18H2,1H3,(H,24,28). The second kappa shape index (κ2) is 10.4. The zero-order valence-corrected chi connectivity index (χ0v) is 20.2. The average Bonchev–Trinajstić information content (AvgIpc) is 3.37. The molecular weight excluding hydrogens is 444 g/mol. The van der Waals surface area contributed by atoms with Gasteiger partial charge >= 0.3 is 0 Å². The molecule has 0 spiro atoms. The van der Waals surface area contributed by atoms with Gasteiger partial charge in [-0.05, 0) is 36.9 Å². The third-order valence-corrected chi connectivity index (χ3v) is 9.74. The maximum atomic E-state index is 13.2. The lowest BCUT2D eigenvalue weighted by Crippen LogP contribution is -2.49. The summed E-state index contributed by atoms with van der Waals surface area (Å²) in [7, 11) is -1.31. The Bertz CT molecular complexity index is 966. The van der Waals surface area contributed by atoms with Gasteiger partial charge in [0.1, 0.15) is 4.21 Å². The van der Waals surface area contributed by atoms with E-state index in [4.69, 9.17) is 0 Å². The predicted molar refractivity (Wildman–Crippen MR) is 127 cm³/mol. The van der Waals surface area contributed by atoms with Gasteiger partial charge in [0.2, 0.25) is 5.91 Å². The van der Waals surface area contributed by atoms with Crippen molar-refractivity contribution in [2.24, 2.45) is 5.92 Å². The molecular formula is C23H32N4O3S2. The van der Waals surface area contributed by atoms with Crippen molar-refractivity contribution in [2.75, 3.05) is 52.9 Å². The van der Waals surface area contributed by atoms with Crippen LogP contribution in [0.25, 0.3) is 0 Å². The molecule has 0 aliphatic carbocycles. The summed E-state index contributed by atoms with van der Waals surface area (Å²) in [6.07, 6.45) is 1.10. The molecule has 1 atom stereocenters. The number of rotatable bonds is 7. The molecule has 0 bridgehead atoms. The minimum absolute atomic E-state index is 0.0288. The van der Waals surface area contributed by atoms with Crippen LogP contribution in [0.4, 0.5) is 0 Å². The number of piperazine rings is 1. The molecule has 1 N–H and O–H groups in total. The van der Waals surface area contributed by atoms with Crippen LogP contribution in [0.5, 0.6) is 0 Å². The van der Waals surface area contributed by atoms with Gasteiger partial charge < -0.3 is 10.2 Å². The van der Waals surface area contributed by atoms with Gasteiger partial charge in [0.05, 0.1) is 6.04 Å². The molecule has 1 aromatic heterocycles. The van der Waals surface area contributed by atoms with E-state index in [0.29, 0.717) is 30.1 Å². The largest absolute Gasteiger partial charge is 0.348 e. The van der Waals surface area contributed by atoms with E-state index in [-0.39, 0.29) is 17.9 Å². The Morgan fingerprint density at radius 2 is 1.72 bits per heavy atom. The Kier molecular flexibility index (Phi) is 7.63. The van der Waals surface area contributed by atoms with Crippen LogP contribution in [0.3, 0.4) is 0 Å². The van der Waals surface area contributed by atoms with Crippen molar-refractivity contribution in [2.45, 2.75) is 23.1 Å². The van der Waals surface area contributed by atoms with E-state index in [2.05, 4.69) is 34.3 Å². The fourth-order valence-electron chi connectivity index (χ4n) is 4.39. The van der Waals surface area contributed by atoms with Crippen molar-refractivity contribution >= 4 is 27.3 Å². The van der Waals surface area contributed by atoms with Gasteiger partial charge in [-0.1, -0.05) is 36.4 Å². The molecule has 2 fully saturated rings. The van der Waals surface area contributed by atoms with Crippen molar-refractivity contribution in [1.29, 1.82) is 0 Å². The number of piperidine rings is 1. The maximum absolute atomic E-state index is 13.2. The number of carbonyl (C=O) groups excluding carboxylic acids is 1. The monoisotopic (exact) mass is 476 g/mol. The summed E-state index contributed by atoms with van der Waals surface area (Å²) in [5.41, 5.74) is 1.11. The van der Waals surface area contributed by atoms with E-state index in [1.807, 2.05) is 18.2 Å². The lowest BCUT2D eigenvalue weighted by Gasteiger charge is -2.36. The van der Waals surface area contributed by atoms with Gasteiger partial charge in [0.25, 0.3) is 10.0 Å². The Morgan fingerprint density at radius 1 is 1.03 bits per heavy atom. The molecule has 2 aliphatic rings. The number of nitrogens with one attached hydrogen (secondary N) is 1. The molecule has 7 nitrogen and oxygen atoms in total. The molecule has 3 heterocycles. The second-order valence-electron chi connectivity index (χ2n) is 8.69. The minimum Gasteiger partial charge on any atom is -0.348 e. The normalized spacial score (nSPS) is 20.8. The lowest BCUT2D eigenvalue weighted by atomic mass is 9.96. The van der Waals surface area contributed by atoms with Gasteiger partial charge in [0, 0.05) is 51.7 Å². The highest BCUT2D eigenvalue weighted by atomic mass is 32.2. The smallest absolute Gasteiger partial charge is 0.252 e. The Labute approximate surface area is 195 Å². The van der Waals surface area contributed by atoms with Crippen LogP contribution in [0, 0.1) is 5.92 Å². The molecule has 1 aromatic carbocycles. The molecule has 1 amide bonds. The fraction of sp³-hybridized carbons (Fsp3) is 0.522. The van der Waals surface area contributed by atoms with E-state index in [1.165, 1.54) is 15.6 Å². The van der Waals surface area contributed by atoms with Crippen LogP contribution in [0.1, 0.15) is 24.4 Å². The second-order valence-corrected chi connectivity index (χ2v) is 11.8. The summed E-state index contributed by atoms with van der Waals surface area (Å²) in [6.45, 7) is 5.61. The zero-order valence-electron chi connectivity index (χ0n) is 18.5. The molecule has 2 saturated heterocycles. The van der Waals surface area contributed by atoms with Crippen molar-refractivity contribution < 1.29 is 13.2 Å². The van der Waals surface area contributed by atoms with Crippen LogP contribution in [-0.2, 0) is 14.8 Å². The van der Waals surface area contributed by atoms with Crippen molar-refractivity contribution in [3.05, 3.63) is 53.4 Å². The quantitative estimate of drug-likeness (QED) is 0.664. The SMILES string of the molecule is CN1CCN(CC(NC(=O)C2CCN(S(=O)(=O)c3cccs3)CC2)c2ccccc2)CC1. The molecule has 4 rings (SSSR count). The van der Waals surface area contributed by atoms with Gasteiger partial charge in [0.15, 0.2) is 0 Å². The molecule has 0 saturated carbocycles. The third kappa shape index (κ3) is 5.58. The molecule has 32 heavy (non-hydrogen) atoms. The van der Waals surface area contributed by atoms with Gasteiger partial charge in [-0.25, -0.2) is 8.42 Å². The van der Waals surface area contributed by atoms with Gasteiger partial charge in [-0.2, -0.15) is 4.31 Å². The number of hydrogen-bond acceptors (Lipinski definition) is 6. The first-order valence-corrected chi connectivity index (χ1v) is 13.6. The lowest BCUT2D eigenvalue weighted by molar-refractivity contribution is -0.127. The number of nitrogens with zero attached hydrogens (tertiary/aromatic N) is 3. The van der Waals surface area contributed by atoms with Crippen LogP contribution in [0.15, 0.2) is 52.1 Å². The van der Waals surface area contributed by atoms with Crippen molar-refractivity contribution in [3.8, 4) is 0 Å². The topological polar surface area (TPSA) is 73.0 Å². The first-order valence-electron chi connectivity index (χ1n) is 11.2. The number of carbonyl (C=O) groups is 1. The van der Waals surface area contributed by atoms with Crippen molar-refractivity contribution in [3.63, 3.8) is 0 Å². The number of sulfonamides is 1. The van der Waals surface area contributed by atoms with E-state index in [9.17, 15) is 13.2 Å². The van der Waals surface area contributed by atoms with Crippen LogP contribution < -0.4 is 5.32 Å². The first-order chi connectivity index (χ1) is 15.4. The summed E-state index contributed by atoms with van der Waals surface area (Å²) < 4.78 is 27.4. The van der Waals surface area contributed by atoms with Crippen LogP contribution in [-0.4, -0.2) is 81.3 Å². The summed E-state index contributed by atoms with van der Waals surface area (Å²) >= 11 is 1.24. The zero-order chi connectivity index (χ0) is 22.6. The molecule has 1 unspecified atom stereocenters. The van der Waals surface area contributed by atoms with Gasteiger partial charge in [-0.15, -0.1) is 11.3 Å². The summed E-state index contributed by atoms with van der Waals surface area (Å²) in [4.78, 5) is 17.9. The first kappa shape index (κ1) is 23.4. The molecule has 9 heteroatoms. The number of amides is 1. The fourth-order valence-corrected chi connectivity index (χ4v) is 7.01. The Morgan fingerprint density at radius 3 is 2.34 bits per heavy atom. The van der Waals surface area contributed by atoms with Gasteiger partial charge in [-0.3, -0.25) is 9.69 Å². The molecule has 2 aliphatic heterocycles. The van der Waals surface area contributed by atoms with E-state index in [1.54, 1.807) is 17.5 Å². The molecule has 2 aromatic rings. The minimum atomic E-state index is -3.45. The van der Waals surface area contributed by atoms with E-state index < -0.39 is 10.0 Å². The molecule has 0 radical (unpaired) electrons. The highest BCUT2D eigenvalue weighted by Crippen LogP contribution is 2.27. The van der Waals surface area contributed by atoms with E-state index in [0.717, 1.165) is 38.3 Å². The Hall–Kier alpha value is -1.78. The molecule has 174 valence electrons. The van der Waals surface area contributed by atoms with Crippen LogP contribution >= 0.6 is 11.3 Å². The number of hydrogen-bond donors (Lipinski definition) is 1. The van der Waals surface area contributed by atoms with Crippen LogP contribution in [0.2, 0.25) is 0 Å². The highest BCUT2D eigenvalue weighted by molar-refractivity contribution is 7.91. The predicted octanol–water partition coefficient (Wildman–Crippen LogP) is 2.25. The average molecular weight is 477 g/mol. The third-order valence-electron chi connectivity index (χ3n) is 6.47. The number of benzene rings is 1. The van der Waals surface area contributed by atoms with E-state index >= 15 is 0 Å². The number of likely N-dealkylation sites (N-methyl/N-ethyl adjacent to an activating group) is 1. The van der Waals surface area contributed by atoms with Crippen molar-refractivity contribution in [1.82, 2.24) is 19.4 Å². The highest BCUT2D eigenvalue weighted by Gasteiger charge is 2.33. The number of thiophene rings is 1.